The van der Waals surface area contributed by atoms with E-state index >= 15 is 0 Å². The van der Waals surface area contributed by atoms with Crippen LogP contribution in [0.4, 0.5) is 28.0 Å². The maximum absolute atomic E-state index is 14.8. The van der Waals surface area contributed by atoms with Gasteiger partial charge in [-0.1, -0.05) is 12.1 Å². The van der Waals surface area contributed by atoms with E-state index in [0.717, 1.165) is 35.9 Å². The summed E-state index contributed by atoms with van der Waals surface area (Å²) in [7, 11) is 0. The molecule has 198 valence electrons. The van der Waals surface area contributed by atoms with Gasteiger partial charge in [-0.2, -0.15) is 18.4 Å². The van der Waals surface area contributed by atoms with Crippen LogP contribution in [0.5, 0.6) is 0 Å². The molecule has 2 aromatic carbocycles. The second-order valence-electron chi connectivity index (χ2n) is 9.87. The second kappa shape index (κ2) is 9.31. The molecule has 0 bridgehead atoms. The maximum atomic E-state index is 14.8. The number of alkyl halides is 3. The number of benzene rings is 2. The Morgan fingerprint density at radius 1 is 1.05 bits per heavy atom. The molecule has 2 aromatic rings. The van der Waals surface area contributed by atoms with Crippen LogP contribution in [0.3, 0.4) is 0 Å². The molecule has 1 aliphatic heterocycles. The monoisotopic (exact) mass is 529 g/mol. The van der Waals surface area contributed by atoms with E-state index in [1.165, 1.54) is 29.2 Å². The zero-order valence-corrected chi connectivity index (χ0v) is 20.0. The molecule has 0 radical (unpaired) electrons. The summed E-state index contributed by atoms with van der Waals surface area (Å²) in [5.41, 5.74) is -1.97. The van der Waals surface area contributed by atoms with Gasteiger partial charge in [-0.15, -0.1) is 0 Å². The zero-order valence-electron chi connectivity index (χ0n) is 20.0. The molecule has 4 amide bonds. The minimum absolute atomic E-state index is 0.0512. The smallest absolute Gasteiger partial charge is 0.335 e. The Bertz CT molecular complexity index is 1330. The third-order valence-corrected chi connectivity index (χ3v) is 7.16. The molecule has 3 aliphatic rings. The van der Waals surface area contributed by atoms with E-state index in [0.29, 0.717) is 5.56 Å². The third-order valence-electron chi connectivity index (χ3n) is 7.16. The molecule has 0 unspecified atom stereocenters. The molecule has 2 saturated carbocycles. The molecule has 1 heterocycles. The molecule has 1 saturated heterocycles. The molecule has 38 heavy (non-hydrogen) atoms. The van der Waals surface area contributed by atoms with Crippen LogP contribution in [0, 0.1) is 17.1 Å². The first kappa shape index (κ1) is 25.5. The minimum Gasteiger partial charge on any atom is -0.335 e. The van der Waals surface area contributed by atoms with E-state index < -0.39 is 47.5 Å². The van der Waals surface area contributed by atoms with E-state index in [1.807, 2.05) is 6.07 Å². The Morgan fingerprint density at radius 2 is 1.71 bits per heavy atom. The molecule has 0 atom stereocenters. The molecule has 3 fully saturated rings. The number of amides is 4. The number of nitriles is 1. The topological polar surface area (TPSA) is 106 Å². The standard InChI is InChI=1S/C26H23F4N5O3/c27-20-9-16(12-31)3-8-21(20)34-14-22(36)35(13-15-1-4-17(5-2-15)26(28,29)30)25(23(34)37)10-19(11-25)33-24(38)32-18-6-7-18/h1-5,8-9,18-19H,6-7,10-11,13-14H2,(H2,32,33,38)/t19-,25+. The minimum atomic E-state index is -4.52. The number of piperazine rings is 1. The summed E-state index contributed by atoms with van der Waals surface area (Å²) in [4.78, 5) is 41.7. The van der Waals surface area contributed by atoms with Crippen LogP contribution in [-0.2, 0) is 22.3 Å². The lowest BCUT2D eigenvalue weighted by Gasteiger charge is -2.56. The van der Waals surface area contributed by atoms with E-state index in [2.05, 4.69) is 10.6 Å². The third kappa shape index (κ3) is 4.76. The normalized spacial score (nSPS) is 23.2. The van der Waals surface area contributed by atoms with Crippen LogP contribution < -0.4 is 15.5 Å². The number of anilines is 1. The van der Waals surface area contributed by atoms with Gasteiger partial charge in [-0.3, -0.25) is 14.5 Å². The summed E-state index contributed by atoms with van der Waals surface area (Å²) in [5.74, 6) is -1.92. The van der Waals surface area contributed by atoms with Crippen LogP contribution in [0.15, 0.2) is 42.5 Å². The molecule has 8 nitrogen and oxygen atoms in total. The molecule has 0 aromatic heterocycles. The summed E-state index contributed by atoms with van der Waals surface area (Å²) in [6, 6.07) is 8.99. The van der Waals surface area contributed by atoms with Crippen LogP contribution in [0.25, 0.3) is 0 Å². The fraction of sp³-hybridized carbons (Fsp3) is 0.385. The fourth-order valence-electron chi connectivity index (χ4n) is 5.00. The summed E-state index contributed by atoms with van der Waals surface area (Å²) in [5, 5.41) is 14.6. The van der Waals surface area contributed by atoms with Gasteiger partial charge in [0, 0.05) is 31.5 Å². The van der Waals surface area contributed by atoms with Crippen molar-refractivity contribution >= 4 is 23.5 Å². The lowest BCUT2D eigenvalue weighted by atomic mass is 9.68. The highest BCUT2D eigenvalue weighted by Gasteiger charge is 2.60. The first-order valence-electron chi connectivity index (χ1n) is 12.1. The zero-order chi connectivity index (χ0) is 27.2. The molecule has 12 heteroatoms. The Morgan fingerprint density at radius 3 is 2.29 bits per heavy atom. The van der Waals surface area contributed by atoms with Crippen molar-refractivity contribution in [3.8, 4) is 6.07 Å². The maximum Gasteiger partial charge on any atom is 0.416 e. The van der Waals surface area contributed by atoms with Crippen molar-refractivity contribution in [2.45, 2.75) is 56.0 Å². The van der Waals surface area contributed by atoms with Crippen molar-refractivity contribution in [2.75, 3.05) is 11.4 Å². The summed E-state index contributed by atoms with van der Waals surface area (Å²) >= 11 is 0. The lowest BCUT2D eigenvalue weighted by Crippen LogP contribution is -2.75. The largest absolute Gasteiger partial charge is 0.416 e. The van der Waals surface area contributed by atoms with Gasteiger partial charge in [0.15, 0.2) is 0 Å². The van der Waals surface area contributed by atoms with Crippen LogP contribution in [0.1, 0.15) is 42.4 Å². The van der Waals surface area contributed by atoms with Gasteiger partial charge >= 0.3 is 12.2 Å². The quantitative estimate of drug-likeness (QED) is 0.579. The van der Waals surface area contributed by atoms with Crippen molar-refractivity contribution in [1.29, 1.82) is 5.26 Å². The van der Waals surface area contributed by atoms with Gasteiger partial charge in [0.05, 0.1) is 22.9 Å². The van der Waals surface area contributed by atoms with Crippen LogP contribution >= 0.6 is 0 Å². The van der Waals surface area contributed by atoms with Crippen LogP contribution in [-0.4, -0.2) is 46.9 Å². The van der Waals surface area contributed by atoms with Crippen LogP contribution in [0.2, 0.25) is 0 Å². The Labute approximate surface area is 215 Å². The number of carbonyl (C=O) groups is 3. The van der Waals surface area contributed by atoms with E-state index in [1.54, 1.807) is 0 Å². The molecule has 2 N–H and O–H groups in total. The highest BCUT2D eigenvalue weighted by molar-refractivity contribution is 6.10. The van der Waals surface area contributed by atoms with Crippen molar-refractivity contribution in [1.82, 2.24) is 15.5 Å². The number of halogens is 4. The summed E-state index contributed by atoms with van der Waals surface area (Å²) in [6.45, 7) is -0.613. The molecule has 1 spiro atoms. The predicted molar refractivity (Wildman–Crippen MR) is 126 cm³/mol. The van der Waals surface area contributed by atoms with Crippen molar-refractivity contribution in [3.63, 3.8) is 0 Å². The number of hydrogen-bond donors (Lipinski definition) is 2. The summed E-state index contributed by atoms with van der Waals surface area (Å²) < 4.78 is 53.8. The van der Waals surface area contributed by atoms with E-state index in [-0.39, 0.29) is 42.7 Å². The number of rotatable bonds is 5. The molecular formula is C26H23F4N5O3. The van der Waals surface area contributed by atoms with Gasteiger partial charge in [-0.05, 0) is 48.7 Å². The molecule has 5 rings (SSSR count). The Balaban J connectivity index is 1.41. The lowest BCUT2D eigenvalue weighted by molar-refractivity contribution is -0.159. The van der Waals surface area contributed by atoms with Crippen molar-refractivity contribution in [3.05, 3.63) is 65.0 Å². The average Bonchev–Trinajstić information content (AvgIpc) is 3.66. The number of carbonyl (C=O) groups excluding carboxylic acids is 3. The Kier molecular flexibility index (Phi) is 6.25. The van der Waals surface area contributed by atoms with E-state index in [4.69, 9.17) is 5.26 Å². The number of urea groups is 1. The molecule has 2 aliphatic carbocycles. The molecular weight excluding hydrogens is 506 g/mol. The highest BCUT2D eigenvalue weighted by atomic mass is 19.4. The van der Waals surface area contributed by atoms with Crippen molar-refractivity contribution in [2.24, 2.45) is 0 Å². The predicted octanol–water partition coefficient (Wildman–Crippen LogP) is 3.45. The highest BCUT2D eigenvalue weighted by Crippen LogP contribution is 2.44. The first-order chi connectivity index (χ1) is 18.0. The van der Waals surface area contributed by atoms with E-state index in [9.17, 15) is 31.9 Å². The number of hydrogen-bond acceptors (Lipinski definition) is 4. The van der Waals surface area contributed by atoms with Gasteiger partial charge in [0.25, 0.3) is 5.91 Å². The SMILES string of the molecule is N#Cc1ccc(N2CC(=O)N(Cc3ccc(C(F)(F)F)cc3)[C@]3(C[C@@H](NC(=O)NC4CC4)C3)C2=O)c(F)c1. The fourth-order valence-corrected chi connectivity index (χ4v) is 5.00. The number of nitrogens with one attached hydrogen (secondary N) is 2. The van der Waals surface area contributed by atoms with Gasteiger partial charge in [-0.25, -0.2) is 9.18 Å². The van der Waals surface area contributed by atoms with Gasteiger partial charge in [0.2, 0.25) is 5.91 Å². The van der Waals surface area contributed by atoms with Crippen molar-refractivity contribution < 1.29 is 31.9 Å². The summed E-state index contributed by atoms with van der Waals surface area (Å²) in [6.07, 6.45) is -2.62. The first-order valence-corrected chi connectivity index (χ1v) is 12.1. The van der Waals surface area contributed by atoms with Gasteiger partial charge in [0.1, 0.15) is 17.9 Å². The number of nitrogens with zero attached hydrogens (tertiary/aromatic N) is 3. The average molecular weight is 529 g/mol. The Hall–Kier alpha value is -4.14. The second-order valence-corrected chi connectivity index (χ2v) is 9.87. The van der Waals surface area contributed by atoms with Gasteiger partial charge < -0.3 is 15.5 Å².